The smallest absolute Gasteiger partial charge is 0.286 e. The van der Waals surface area contributed by atoms with Crippen molar-refractivity contribution < 1.29 is 14.0 Å². The minimum atomic E-state index is -0.282. The van der Waals surface area contributed by atoms with Crippen molar-refractivity contribution in [3.63, 3.8) is 0 Å². The van der Waals surface area contributed by atoms with E-state index in [0.717, 1.165) is 22.3 Å². The predicted molar refractivity (Wildman–Crippen MR) is 123 cm³/mol. The second-order valence-corrected chi connectivity index (χ2v) is 8.06. The van der Waals surface area contributed by atoms with Crippen LogP contribution in [0, 0.1) is 0 Å². The first-order chi connectivity index (χ1) is 15.2. The van der Waals surface area contributed by atoms with E-state index in [1.807, 2.05) is 48.5 Å². The maximum Gasteiger partial charge on any atom is 0.286 e. The maximum atomic E-state index is 13.2. The SMILES string of the molecule is CCc1ccc(N(C(=O)CCCNC(=O)c2ccco2)c2nc3ccccc3s2)cc1. The number of benzene rings is 2. The molecular weight excluding hydrogens is 410 g/mol. The molecule has 0 fully saturated rings. The summed E-state index contributed by atoms with van der Waals surface area (Å²) in [5.74, 6) is -0.0790. The maximum absolute atomic E-state index is 13.2. The lowest BCUT2D eigenvalue weighted by atomic mass is 10.1. The van der Waals surface area contributed by atoms with Crippen molar-refractivity contribution in [3.8, 4) is 0 Å². The minimum absolute atomic E-state index is 0.0597. The number of amides is 2. The molecule has 7 heteroatoms. The van der Waals surface area contributed by atoms with Crippen LogP contribution in [0.3, 0.4) is 0 Å². The van der Waals surface area contributed by atoms with Crippen LogP contribution in [0.15, 0.2) is 71.3 Å². The highest BCUT2D eigenvalue weighted by Gasteiger charge is 2.21. The van der Waals surface area contributed by atoms with Gasteiger partial charge in [0.2, 0.25) is 5.91 Å². The Kier molecular flexibility index (Phi) is 6.43. The van der Waals surface area contributed by atoms with E-state index < -0.39 is 0 Å². The van der Waals surface area contributed by atoms with Crippen molar-refractivity contribution in [2.75, 3.05) is 11.4 Å². The third kappa shape index (κ3) is 4.83. The molecule has 2 heterocycles. The van der Waals surface area contributed by atoms with Crippen molar-refractivity contribution in [3.05, 3.63) is 78.3 Å². The highest BCUT2D eigenvalue weighted by Crippen LogP contribution is 2.34. The number of aromatic nitrogens is 1. The first kappa shape index (κ1) is 20.8. The molecule has 4 rings (SSSR count). The van der Waals surface area contributed by atoms with Gasteiger partial charge in [0.25, 0.3) is 5.91 Å². The zero-order valence-electron chi connectivity index (χ0n) is 17.2. The fourth-order valence-corrected chi connectivity index (χ4v) is 4.25. The number of nitrogens with one attached hydrogen (secondary N) is 1. The summed E-state index contributed by atoms with van der Waals surface area (Å²) < 4.78 is 6.11. The van der Waals surface area contributed by atoms with E-state index in [1.54, 1.807) is 17.0 Å². The van der Waals surface area contributed by atoms with Gasteiger partial charge in [0.1, 0.15) is 0 Å². The van der Waals surface area contributed by atoms with Gasteiger partial charge in [-0.1, -0.05) is 42.5 Å². The normalized spacial score (nSPS) is 10.9. The number of hydrogen-bond donors (Lipinski definition) is 1. The number of nitrogens with zero attached hydrogens (tertiary/aromatic N) is 2. The summed E-state index contributed by atoms with van der Waals surface area (Å²) in [7, 11) is 0. The zero-order chi connectivity index (χ0) is 21.6. The van der Waals surface area contributed by atoms with Crippen molar-refractivity contribution in [2.45, 2.75) is 26.2 Å². The van der Waals surface area contributed by atoms with Crippen molar-refractivity contribution >= 4 is 44.2 Å². The van der Waals surface area contributed by atoms with E-state index in [1.165, 1.54) is 23.2 Å². The van der Waals surface area contributed by atoms with Gasteiger partial charge in [-0.3, -0.25) is 14.5 Å². The van der Waals surface area contributed by atoms with E-state index in [2.05, 4.69) is 17.2 Å². The molecule has 2 aromatic heterocycles. The standard InChI is InChI=1S/C24H23N3O3S/c1-2-17-11-13-18(14-12-17)27(24-26-19-7-3-4-9-21(19)31-24)22(28)10-5-15-25-23(29)20-8-6-16-30-20/h3-4,6-9,11-14,16H,2,5,10,15H2,1H3,(H,25,29). The number of fused-ring (bicyclic) bond motifs is 1. The second kappa shape index (κ2) is 9.57. The molecule has 0 saturated carbocycles. The van der Waals surface area contributed by atoms with E-state index in [0.29, 0.717) is 18.1 Å². The first-order valence-corrected chi connectivity index (χ1v) is 11.1. The molecule has 2 amide bonds. The van der Waals surface area contributed by atoms with Gasteiger partial charge >= 0.3 is 0 Å². The van der Waals surface area contributed by atoms with Crippen LogP contribution >= 0.6 is 11.3 Å². The summed E-state index contributed by atoms with van der Waals surface area (Å²) in [6.45, 7) is 2.48. The van der Waals surface area contributed by atoms with Gasteiger partial charge in [-0.15, -0.1) is 0 Å². The molecule has 0 spiro atoms. The monoisotopic (exact) mass is 433 g/mol. The molecule has 0 bridgehead atoms. The minimum Gasteiger partial charge on any atom is -0.459 e. The van der Waals surface area contributed by atoms with Gasteiger partial charge < -0.3 is 9.73 Å². The second-order valence-electron chi connectivity index (χ2n) is 7.05. The quantitative estimate of drug-likeness (QED) is 0.381. The third-order valence-corrected chi connectivity index (χ3v) is 5.95. The molecule has 0 aliphatic heterocycles. The molecule has 2 aromatic carbocycles. The zero-order valence-corrected chi connectivity index (χ0v) is 18.0. The number of carbonyl (C=O) groups is 2. The average Bonchev–Trinajstić information content (AvgIpc) is 3.47. The number of para-hydroxylation sites is 1. The third-order valence-electron chi connectivity index (χ3n) is 4.92. The van der Waals surface area contributed by atoms with Crippen LogP contribution in [0.2, 0.25) is 0 Å². The predicted octanol–water partition coefficient (Wildman–Crippen LogP) is 5.33. The van der Waals surface area contributed by atoms with Crippen molar-refractivity contribution in [1.82, 2.24) is 10.3 Å². The number of furan rings is 1. The van der Waals surface area contributed by atoms with Crippen LogP contribution in [0.25, 0.3) is 10.2 Å². The lowest BCUT2D eigenvalue weighted by molar-refractivity contribution is -0.118. The van der Waals surface area contributed by atoms with E-state index in [-0.39, 0.29) is 24.0 Å². The summed E-state index contributed by atoms with van der Waals surface area (Å²) in [5.41, 5.74) is 2.87. The highest BCUT2D eigenvalue weighted by atomic mass is 32.1. The van der Waals surface area contributed by atoms with Crippen LogP contribution in [0.4, 0.5) is 10.8 Å². The first-order valence-electron chi connectivity index (χ1n) is 10.2. The molecule has 0 unspecified atom stereocenters. The molecule has 0 radical (unpaired) electrons. The number of anilines is 2. The molecule has 31 heavy (non-hydrogen) atoms. The van der Waals surface area contributed by atoms with Crippen molar-refractivity contribution in [1.29, 1.82) is 0 Å². The van der Waals surface area contributed by atoms with Crippen LogP contribution in [-0.2, 0) is 11.2 Å². The Morgan fingerprint density at radius 1 is 1.06 bits per heavy atom. The summed E-state index contributed by atoms with van der Waals surface area (Å²) in [6.07, 6.45) is 3.19. The van der Waals surface area contributed by atoms with E-state index in [4.69, 9.17) is 4.42 Å². The van der Waals surface area contributed by atoms with Gasteiger partial charge in [0.15, 0.2) is 10.9 Å². The lowest BCUT2D eigenvalue weighted by Crippen LogP contribution is -2.28. The summed E-state index contributed by atoms with van der Waals surface area (Å²) in [6, 6.07) is 19.1. The van der Waals surface area contributed by atoms with Gasteiger partial charge in [-0.2, -0.15) is 0 Å². The Morgan fingerprint density at radius 3 is 2.58 bits per heavy atom. The molecule has 0 saturated heterocycles. The number of hydrogen-bond acceptors (Lipinski definition) is 5. The topological polar surface area (TPSA) is 75.4 Å². The van der Waals surface area contributed by atoms with Crippen LogP contribution in [0.1, 0.15) is 35.9 Å². The average molecular weight is 434 g/mol. The van der Waals surface area contributed by atoms with Crippen LogP contribution in [-0.4, -0.2) is 23.3 Å². The molecular formula is C24H23N3O3S. The van der Waals surface area contributed by atoms with Gasteiger partial charge in [-0.05, 0) is 54.8 Å². The fraction of sp³-hybridized carbons (Fsp3) is 0.208. The Hall–Kier alpha value is -3.45. The molecule has 0 aliphatic carbocycles. The molecule has 0 aliphatic rings. The van der Waals surface area contributed by atoms with Crippen LogP contribution < -0.4 is 10.2 Å². The number of rotatable bonds is 8. The molecule has 0 atom stereocenters. The van der Waals surface area contributed by atoms with Gasteiger partial charge in [0, 0.05) is 13.0 Å². The Labute approximate surface area is 184 Å². The number of thiazole rings is 1. The number of carbonyl (C=O) groups excluding carboxylic acids is 2. The fourth-order valence-electron chi connectivity index (χ4n) is 3.25. The summed E-state index contributed by atoms with van der Waals surface area (Å²) in [5, 5.41) is 3.43. The summed E-state index contributed by atoms with van der Waals surface area (Å²) in [4.78, 5) is 31.6. The Bertz CT molecular complexity index is 1130. The highest BCUT2D eigenvalue weighted by molar-refractivity contribution is 7.22. The van der Waals surface area contributed by atoms with Crippen LogP contribution in [0.5, 0.6) is 0 Å². The largest absolute Gasteiger partial charge is 0.459 e. The van der Waals surface area contributed by atoms with Crippen molar-refractivity contribution in [2.24, 2.45) is 0 Å². The lowest BCUT2D eigenvalue weighted by Gasteiger charge is -2.20. The van der Waals surface area contributed by atoms with E-state index >= 15 is 0 Å². The molecule has 158 valence electrons. The Balaban J connectivity index is 1.49. The molecule has 6 nitrogen and oxygen atoms in total. The number of aryl methyl sites for hydroxylation is 1. The molecule has 4 aromatic rings. The van der Waals surface area contributed by atoms with Gasteiger partial charge in [-0.25, -0.2) is 4.98 Å². The Morgan fingerprint density at radius 2 is 1.87 bits per heavy atom. The molecule has 1 N–H and O–H groups in total. The van der Waals surface area contributed by atoms with E-state index in [9.17, 15) is 9.59 Å². The summed E-state index contributed by atoms with van der Waals surface area (Å²) >= 11 is 1.49. The van der Waals surface area contributed by atoms with Gasteiger partial charge in [0.05, 0.1) is 22.2 Å².